The minimum absolute atomic E-state index is 0.0504. The van der Waals surface area contributed by atoms with Gasteiger partial charge in [-0.3, -0.25) is 19.7 Å². The lowest BCUT2D eigenvalue weighted by molar-refractivity contribution is -0.139. The van der Waals surface area contributed by atoms with Crippen LogP contribution in [0.15, 0.2) is 65.8 Å². The van der Waals surface area contributed by atoms with E-state index in [2.05, 4.69) is 20.8 Å². The van der Waals surface area contributed by atoms with E-state index in [9.17, 15) is 14.7 Å². The summed E-state index contributed by atoms with van der Waals surface area (Å²) in [5.74, 6) is -0.282. The van der Waals surface area contributed by atoms with Crippen molar-refractivity contribution in [2.75, 3.05) is 19.7 Å². The van der Waals surface area contributed by atoms with Crippen molar-refractivity contribution in [1.29, 1.82) is 0 Å². The molecule has 8 nitrogen and oxygen atoms in total. The Balaban J connectivity index is 1.57. The number of rotatable bonds is 6. The number of hydrogen-bond donors (Lipinski definition) is 1. The molecule has 2 aliphatic heterocycles. The van der Waals surface area contributed by atoms with E-state index in [1.165, 1.54) is 0 Å². The van der Waals surface area contributed by atoms with Crippen LogP contribution >= 0.6 is 23.2 Å². The summed E-state index contributed by atoms with van der Waals surface area (Å²) in [6.07, 6.45) is 1.75. The minimum atomic E-state index is -1.05. The van der Waals surface area contributed by atoms with Gasteiger partial charge in [0.15, 0.2) is 0 Å². The lowest BCUT2D eigenvalue weighted by Crippen LogP contribution is -2.58. The van der Waals surface area contributed by atoms with E-state index in [-0.39, 0.29) is 23.3 Å². The molecule has 2 fully saturated rings. The summed E-state index contributed by atoms with van der Waals surface area (Å²) in [7, 11) is 0. The van der Waals surface area contributed by atoms with Gasteiger partial charge in [-0.1, -0.05) is 68.2 Å². The van der Waals surface area contributed by atoms with E-state index in [1.54, 1.807) is 16.0 Å². The number of halogens is 2. The van der Waals surface area contributed by atoms with Gasteiger partial charge in [-0.2, -0.15) is 0 Å². The van der Waals surface area contributed by atoms with Gasteiger partial charge >= 0.3 is 12.0 Å². The summed E-state index contributed by atoms with van der Waals surface area (Å²) in [5, 5.41) is 10.8. The molecule has 2 aromatic carbocycles. The second-order valence-electron chi connectivity index (χ2n) is 13.6. The lowest BCUT2D eigenvalue weighted by atomic mass is 9.71. The van der Waals surface area contributed by atoms with Crippen LogP contribution < -0.4 is 4.74 Å². The molecule has 6 rings (SSSR count). The Kier molecular flexibility index (Phi) is 7.68. The Morgan fingerprint density at radius 1 is 0.978 bits per heavy atom. The summed E-state index contributed by atoms with van der Waals surface area (Å²) >= 11 is 12.7. The van der Waals surface area contributed by atoms with Gasteiger partial charge in [0.25, 0.3) is 0 Å². The SMILES string of the molecule is CCOc1cc(C(C)(C)C)ncc1C1=N[C@@](C)(c2ccc(Cl)cc2)[C@@](C)(c2ccc(Cl)cc2)N1C(=O)N1C[C@@H]2C(C(=O)O)[C@@H]2C1. The summed E-state index contributed by atoms with van der Waals surface area (Å²) in [6, 6.07) is 16.7. The van der Waals surface area contributed by atoms with Crippen molar-refractivity contribution in [3.05, 3.63) is 93.2 Å². The molecule has 236 valence electrons. The normalized spacial score (nSPS) is 27.3. The third kappa shape index (κ3) is 5.06. The Morgan fingerprint density at radius 3 is 2.04 bits per heavy atom. The molecule has 3 aromatic rings. The number of aromatic nitrogens is 1. The highest BCUT2D eigenvalue weighted by molar-refractivity contribution is 6.30. The van der Waals surface area contributed by atoms with Crippen LogP contribution in [0.5, 0.6) is 5.75 Å². The van der Waals surface area contributed by atoms with Crippen molar-refractivity contribution in [2.24, 2.45) is 22.7 Å². The number of urea groups is 1. The van der Waals surface area contributed by atoms with Gasteiger partial charge in [-0.15, -0.1) is 0 Å². The average Bonchev–Trinajstić information content (AvgIpc) is 3.39. The zero-order chi connectivity index (χ0) is 32.5. The predicted molar refractivity (Wildman–Crippen MR) is 175 cm³/mol. The highest BCUT2D eigenvalue weighted by Gasteiger charge is 2.64. The zero-order valence-electron chi connectivity index (χ0n) is 26.3. The van der Waals surface area contributed by atoms with Crippen LogP contribution in [0.25, 0.3) is 0 Å². The topological polar surface area (TPSA) is 95.3 Å². The van der Waals surface area contributed by atoms with Crippen molar-refractivity contribution in [3.63, 3.8) is 0 Å². The molecule has 0 spiro atoms. The first-order valence-corrected chi connectivity index (χ1v) is 16.0. The van der Waals surface area contributed by atoms with Gasteiger partial charge in [0, 0.05) is 46.5 Å². The molecule has 5 atom stereocenters. The summed E-state index contributed by atoms with van der Waals surface area (Å²) in [6.45, 7) is 13.4. The molecule has 45 heavy (non-hydrogen) atoms. The van der Waals surface area contributed by atoms with E-state index in [1.807, 2.05) is 75.4 Å². The number of amidine groups is 1. The highest BCUT2D eigenvalue weighted by Crippen LogP contribution is 2.56. The van der Waals surface area contributed by atoms with Crippen LogP contribution in [-0.4, -0.2) is 57.4 Å². The van der Waals surface area contributed by atoms with Gasteiger partial charge in [-0.25, -0.2) is 4.79 Å². The van der Waals surface area contributed by atoms with Crippen LogP contribution in [0.4, 0.5) is 4.79 Å². The number of piperidine rings is 1. The monoisotopic (exact) mass is 648 g/mol. The zero-order valence-corrected chi connectivity index (χ0v) is 27.9. The molecule has 10 heteroatoms. The largest absolute Gasteiger partial charge is 0.493 e. The molecular formula is C35H38Cl2N4O4. The first-order valence-electron chi connectivity index (χ1n) is 15.3. The fourth-order valence-electron chi connectivity index (χ4n) is 7.05. The minimum Gasteiger partial charge on any atom is -0.493 e. The summed E-state index contributed by atoms with van der Waals surface area (Å²) in [5.41, 5.74) is 0.878. The Morgan fingerprint density at radius 2 is 1.53 bits per heavy atom. The van der Waals surface area contributed by atoms with Crippen molar-refractivity contribution in [1.82, 2.24) is 14.8 Å². The fraction of sp³-hybridized carbons (Fsp3) is 0.429. The number of carbonyl (C=O) groups excluding carboxylic acids is 1. The van der Waals surface area contributed by atoms with E-state index in [4.69, 9.17) is 37.9 Å². The number of ether oxygens (including phenoxy) is 1. The number of fused-ring (bicyclic) bond motifs is 1. The van der Waals surface area contributed by atoms with E-state index >= 15 is 0 Å². The maximum Gasteiger partial charge on any atom is 0.326 e. The van der Waals surface area contributed by atoms with E-state index < -0.39 is 23.0 Å². The number of hydrogen-bond acceptors (Lipinski definition) is 5. The number of aliphatic imine (C=N–C) groups is 1. The maximum absolute atomic E-state index is 14.9. The van der Waals surface area contributed by atoms with Crippen LogP contribution in [0.2, 0.25) is 10.0 Å². The molecule has 1 aliphatic carbocycles. The molecule has 1 saturated carbocycles. The second-order valence-corrected chi connectivity index (χ2v) is 14.4. The van der Waals surface area contributed by atoms with Crippen LogP contribution in [0.1, 0.15) is 63.9 Å². The quantitative estimate of drug-likeness (QED) is 0.301. The smallest absolute Gasteiger partial charge is 0.326 e. The standard InChI is InChI=1S/C35H38Cl2N4O4/c1-7-45-27-16-28(33(2,3)4)38-17-24(27)30-39-34(5,20-8-12-22(36)13-9-20)35(6,21-10-14-23(37)15-11-21)41(30)32(44)40-18-25-26(19-40)29(25)31(42)43/h8-17,25-26,29H,7,18-19H2,1-6H3,(H,42,43)/t25-,26+,29?,34-,35+/m0/s1. The van der Waals surface area contributed by atoms with Crippen molar-refractivity contribution in [2.45, 2.75) is 58.0 Å². The average molecular weight is 650 g/mol. The molecule has 2 amide bonds. The number of carboxylic acid groups (broad SMARTS) is 1. The molecule has 1 unspecified atom stereocenters. The number of amides is 2. The lowest BCUT2D eigenvalue weighted by Gasteiger charge is -2.46. The first kappa shape index (κ1) is 31.4. The Hall–Kier alpha value is -3.62. The molecule has 3 heterocycles. The third-order valence-electron chi connectivity index (χ3n) is 9.87. The number of carboxylic acids is 1. The van der Waals surface area contributed by atoms with Crippen LogP contribution in [0.3, 0.4) is 0 Å². The molecule has 0 bridgehead atoms. The fourth-order valence-corrected chi connectivity index (χ4v) is 7.30. The predicted octanol–water partition coefficient (Wildman–Crippen LogP) is 7.36. The van der Waals surface area contributed by atoms with Crippen molar-refractivity contribution in [3.8, 4) is 5.75 Å². The van der Waals surface area contributed by atoms with Crippen LogP contribution in [0, 0.1) is 17.8 Å². The number of likely N-dealkylation sites (tertiary alicyclic amines) is 1. The number of aliphatic carboxylic acids is 1. The number of pyridine rings is 1. The first-order chi connectivity index (χ1) is 21.2. The molecule has 1 aromatic heterocycles. The maximum atomic E-state index is 14.9. The number of benzene rings is 2. The van der Waals surface area contributed by atoms with Gasteiger partial charge in [-0.05, 0) is 68.0 Å². The molecule has 1 N–H and O–H groups in total. The van der Waals surface area contributed by atoms with Gasteiger partial charge < -0.3 is 14.7 Å². The van der Waals surface area contributed by atoms with E-state index in [0.29, 0.717) is 46.9 Å². The van der Waals surface area contributed by atoms with Gasteiger partial charge in [0.1, 0.15) is 22.7 Å². The molecule has 0 radical (unpaired) electrons. The Labute approximate surface area is 274 Å². The molecular weight excluding hydrogens is 611 g/mol. The second kappa shape index (κ2) is 11.0. The van der Waals surface area contributed by atoms with Gasteiger partial charge in [0.05, 0.1) is 18.1 Å². The summed E-state index contributed by atoms with van der Waals surface area (Å²) < 4.78 is 6.21. The van der Waals surface area contributed by atoms with Gasteiger partial charge in [0.2, 0.25) is 0 Å². The van der Waals surface area contributed by atoms with Crippen molar-refractivity contribution < 1.29 is 19.4 Å². The Bertz CT molecular complexity index is 1680. The van der Waals surface area contributed by atoms with E-state index in [0.717, 1.165) is 16.8 Å². The molecule has 1 saturated heterocycles. The highest BCUT2D eigenvalue weighted by atomic mass is 35.5. The molecule has 3 aliphatic rings. The summed E-state index contributed by atoms with van der Waals surface area (Å²) in [4.78, 5) is 40.5. The third-order valence-corrected chi connectivity index (χ3v) is 10.4. The van der Waals surface area contributed by atoms with Crippen molar-refractivity contribution >= 4 is 41.0 Å². The van der Waals surface area contributed by atoms with Crippen LogP contribution in [-0.2, 0) is 21.3 Å². The number of nitrogens with zero attached hydrogens (tertiary/aromatic N) is 4. The number of carbonyl (C=O) groups is 2.